The molecule has 0 saturated heterocycles. The minimum Gasteiger partial charge on any atom is -0.455 e. The number of rotatable bonds is 5. The molecule has 0 saturated carbocycles. The first-order valence-electron chi connectivity index (χ1n) is 18.0. The largest absolute Gasteiger partial charge is 0.455 e. The smallest absolute Gasteiger partial charge is 0.143 e. The highest BCUT2D eigenvalue weighted by Crippen LogP contribution is 2.48. The molecule has 2 aromatic heterocycles. The highest BCUT2D eigenvalue weighted by molar-refractivity contribution is 7.26. The number of furan rings is 1. The van der Waals surface area contributed by atoms with Crippen LogP contribution in [0.25, 0.3) is 85.9 Å². The van der Waals surface area contributed by atoms with Gasteiger partial charge in [0.05, 0.1) is 5.69 Å². The molecular formula is C50H31NOS. The third kappa shape index (κ3) is 4.71. The first kappa shape index (κ1) is 30.0. The number of hydrogen-bond donors (Lipinski definition) is 0. The van der Waals surface area contributed by atoms with Crippen molar-refractivity contribution < 1.29 is 4.42 Å². The molecule has 0 aliphatic carbocycles. The van der Waals surface area contributed by atoms with Crippen molar-refractivity contribution in [3.8, 4) is 22.3 Å². The molecule has 0 unspecified atom stereocenters. The number of thiophene rings is 1. The molecule has 11 rings (SSSR count). The molecule has 53 heavy (non-hydrogen) atoms. The van der Waals surface area contributed by atoms with E-state index in [0.29, 0.717) is 0 Å². The van der Waals surface area contributed by atoms with Crippen molar-refractivity contribution in [2.24, 2.45) is 0 Å². The Morgan fingerprint density at radius 1 is 0.377 bits per heavy atom. The Morgan fingerprint density at radius 3 is 1.74 bits per heavy atom. The maximum atomic E-state index is 7.02. The number of hydrogen-bond acceptors (Lipinski definition) is 3. The second kappa shape index (κ2) is 11.9. The zero-order valence-corrected chi connectivity index (χ0v) is 29.5. The van der Waals surface area contributed by atoms with Gasteiger partial charge in [-0.2, -0.15) is 0 Å². The van der Waals surface area contributed by atoms with Gasteiger partial charge in [0.15, 0.2) is 0 Å². The number of benzene rings is 9. The lowest BCUT2D eigenvalue weighted by atomic mass is 9.93. The number of fused-ring (bicyclic) bond motifs is 11. The number of para-hydroxylation sites is 1. The Labute approximate surface area is 310 Å². The molecule has 0 N–H and O–H groups in total. The van der Waals surface area contributed by atoms with Gasteiger partial charge in [-0.25, -0.2) is 0 Å². The van der Waals surface area contributed by atoms with Gasteiger partial charge < -0.3 is 9.32 Å². The minimum atomic E-state index is 0.867. The Hall–Kier alpha value is -6.68. The first-order chi connectivity index (χ1) is 26.3. The van der Waals surface area contributed by atoms with Crippen LogP contribution in [0.2, 0.25) is 0 Å². The normalized spacial score (nSPS) is 11.8. The predicted molar refractivity (Wildman–Crippen MR) is 227 cm³/mol. The quantitative estimate of drug-likeness (QED) is 0.167. The van der Waals surface area contributed by atoms with Gasteiger partial charge in [-0.15, -0.1) is 11.3 Å². The van der Waals surface area contributed by atoms with Crippen LogP contribution in [0.1, 0.15) is 0 Å². The van der Waals surface area contributed by atoms with Crippen molar-refractivity contribution in [3.63, 3.8) is 0 Å². The van der Waals surface area contributed by atoms with Crippen molar-refractivity contribution in [3.05, 3.63) is 188 Å². The molecule has 248 valence electrons. The lowest BCUT2D eigenvalue weighted by Crippen LogP contribution is -2.10. The minimum absolute atomic E-state index is 0.867. The Morgan fingerprint density at radius 2 is 0.962 bits per heavy atom. The van der Waals surface area contributed by atoms with Crippen LogP contribution in [-0.4, -0.2) is 0 Å². The summed E-state index contributed by atoms with van der Waals surface area (Å²) >= 11 is 1.87. The van der Waals surface area contributed by atoms with E-state index in [1.807, 2.05) is 11.3 Å². The van der Waals surface area contributed by atoms with Crippen molar-refractivity contribution >= 4 is 92.1 Å². The van der Waals surface area contributed by atoms with E-state index in [1.54, 1.807) is 0 Å². The molecule has 0 spiro atoms. The van der Waals surface area contributed by atoms with Crippen molar-refractivity contribution in [1.29, 1.82) is 0 Å². The van der Waals surface area contributed by atoms with Gasteiger partial charge in [0, 0.05) is 53.8 Å². The zero-order chi connectivity index (χ0) is 34.9. The summed E-state index contributed by atoms with van der Waals surface area (Å²) in [6.07, 6.45) is 0. The topological polar surface area (TPSA) is 16.4 Å². The fourth-order valence-corrected chi connectivity index (χ4v) is 9.51. The molecule has 0 bridgehead atoms. The number of anilines is 3. The van der Waals surface area contributed by atoms with Crippen LogP contribution >= 0.6 is 11.3 Å². The average molecular weight is 694 g/mol. The van der Waals surface area contributed by atoms with E-state index in [-0.39, 0.29) is 0 Å². The molecule has 0 aliphatic rings. The number of nitrogens with zero attached hydrogens (tertiary/aromatic N) is 1. The summed E-state index contributed by atoms with van der Waals surface area (Å²) in [5, 5.41) is 9.69. The van der Waals surface area contributed by atoms with Crippen LogP contribution in [0.15, 0.2) is 192 Å². The fourth-order valence-electron chi connectivity index (χ4n) is 8.28. The van der Waals surface area contributed by atoms with Gasteiger partial charge >= 0.3 is 0 Å². The van der Waals surface area contributed by atoms with Crippen LogP contribution in [0.4, 0.5) is 17.1 Å². The van der Waals surface area contributed by atoms with Crippen molar-refractivity contribution in [1.82, 2.24) is 0 Å². The molecule has 0 radical (unpaired) electrons. The zero-order valence-electron chi connectivity index (χ0n) is 28.7. The van der Waals surface area contributed by atoms with Crippen molar-refractivity contribution in [2.45, 2.75) is 0 Å². The summed E-state index contributed by atoms with van der Waals surface area (Å²) in [7, 11) is 0. The highest BCUT2D eigenvalue weighted by atomic mass is 32.1. The molecule has 3 heteroatoms. The monoisotopic (exact) mass is 693 g/mol. The third-order valence-electron chi connectivity index (χ3n) is 10.6. The molecule has 0 amide bonds. The molecule has 2 nitrogen and oxygen atoms in total. The van der Waals surface area contributed by atoms with Gasteiger partial charge in [0.2, 0.25) is 0 Å². The summed E-state index contributed by atoms with van der Waals surface area (Å²) in [6.45, 7) is 0. The van der Waals surface area contributed by atoms with Crippen LogP contribution < -0.4 is 4.90 Å². The second-order valence-corrected chi connectivity index (χ2v) is 14.7. The van der Waals surface area contributed by atoms with Gasteiger partial charge in [-0.3, -0.25) is 0 Å². The van der Waals surface area contributed by atoms with Crippen molar-refractivity contribution in [2.75, 3.05) is 4.90 Å². The van der Waals surface area contributed by atoms with Crippen LogP contribution in [0.5, 0.6) is 0 Å². The molecule has 0 fully saturated rings. The van der Waals surface area contributed by atoms with E-state index in [2.05, 4.69) is 193 Å². The lowest BCUT2D eigenvalue weighted by Gasteiger charge is -2.26. The van der Waals surface area contributed by atoms with E-state index in [4.69, 9.17) is 4.42 Å². The van der Waals surface area contributed by atoms with E-state index in [0.717, 1.165) is 55.5 Å². The summed E-state index contributed by atoms with van der Waals surface area (Å²) in [4.78, 5) is 2.35. The fraction of sp³-hybridized carbons (Fsp3) is 0. The molecule has 0 aliphatic heterocycles. The summed E-state index contributed by atoms with van der Waals surface area (Å²) in [5.74, 6) is 0. The molecule has 9 aromatic carbocycles. The first-order valence-corrected chi connectivity index (χ1v) is 18.8. The van der Waals surface area contributed by atoms with Gasteiger partial charge in [0.1, 0.15) is 11.2 Å². The summed E-state index contributed by atoms with van der Waals surface area (Å²) < 4.78 is 9.66. The molecular weight excluding hydrogens is 663 g/mol. The van der Waals surface area contributed by atoms with E-state index in [1.165, 1.54) is 47.5 Å². The highest BCUT2D eigenvalue weighted by Gasteiger charge is 2.22. The summed E-state index contributed by atoms with van der Waals surface area (Å²) in [5.41, 5.74) is 9.75. The lowest BCUT2D eigenvalue weighted by molar-refractivity contribution is 0.673. The third-order valence-corrected chi connectivity index (χ3v) is 11.9. The van der Waals surface area contributed by atoms with Gasteiger partial charge in [-0.05, 0) is 74.8 Å². The average Bonchev–Trinajstić information content (AvgIpc) is 3.81. The van der Waals surface area contributed by atoms with E-state index in [9.17, 15) is 0 Å². The maximum absolute atomic E-state index is 7.02. The molecule has 2 heterocycles. The molecule has 11 aromatic rings. The Bertz CT molecular complexity index is 3160. The standard InChI is InChI=1S/C50H31NOS/c1-3-14-32(15-4-1)44-30-36(31-45-47(44)48-41-21-9-7-18-38(41)39-19-8-10-22-42(39)49(48)52-45)51(34-16-5-2-6-17-34)35-28-26-33(27-29-35)37-23-13-24-43-40-20-11-12-25-46(40)53-50(37)43/h1-31H. The Balaban J connectivity index is 1.15. The van der Waals surface area contributed by atoms with Gasteiger partial charge in [-0.1, -0.05) is 146 Å². The SMILES string of the molecule is c1ccc(-c2cc(N(c3ccccc3)c3ccc(-c4cccc5c4sc4ccccc45)cc3)cc3oc4c5ccccc5c5ccccc5c4c23)cc1. The second-order valence-electron chi connectivity index (χ2n) is 13.6. The predicted octanol–water partition coefficient (Wildman–Crippen LogP) is 15.1. The van der Waals surface area contributed by atoms with Crippen LogP contribution in [-0.2, 0) is 0 Å². The Kier molecular flexibility index (Phi) is 6.76. The van der Waals surface area contributed by atoms with Gasteiger partial charge in [0.25, 0.3) is 0 Å². The van der Waals surface area contributed by atoms with E-state index >= 15 is 0 Å². The van der Waals surface area contributed by atoms with E-state index < -0.39 is 0 Å². The molecule has 0 atom stereocenters. The maximum Gasteiger partial charge on any atom is 0.143 e. The summed E-state index contributed by atoms with van der Waals surface area (Å²) in [6, 6.07) is 67.7. The van der Waals surface area contributed by atoms with Crippen LogP contribution in [0, 0.1) is 0 Å². The van der Waals surface area contributed by atoms with Crippen LogP contribution in [0.3, 0.4) is 0 Å².